The Morgan fingerprint density at radius 3 is 2.41 bits per heavy atom. The molecule has 1 heterocycles. The van der Waals surface area contributed by atoms with Crippen LogP contribution in [0.5, 0.6) is 5.75 Å². The molecule has 1 aromatic heterocycles. The normalized spacial score (nSPS) is 10.8. The summed E-state index contributed by atoms with van der Waals surface area (Å²) in [7, 11) is 1.56. The van der Waals surface area contributed by atoms with E-state index >= 15 is 0 Å². The summed E-state index contributed by atoms with van der Waals surface area (Å²) in [6.45, 7) is 6.39. The molecule has 0 atom stereocenters. The lowest BCUT2D eigenvalue weighted by Crippen LogP contribution is -2.40. The standard InChI is InChI=1S/C30H32N4O3/c1-21(2)18-33(29(36)24-11-8-12-26(17-24)37-4)20-28(35)32-30-31-27(23-9-6-5-7-10-23)19-34(30)25-15-13-22(3)14-16-25/h5-17,19,21H,18,20H2,1-4H3,(H,31,32,35). The number of carbonyl (C=O) groups excluding carboxylic acids is 2. The number of nitrogens with one attached hydrogen (secondary N) is 1. The van der Waals surface area contributed by atoms with Crippen molar-refractivity contribution in [3.63, 3.8) is 0 Å². The van der Waals surface area contributed by atoms with Gasteiger partial charge < -0.3 is 9.64 Å². The molecule has 2 amide bonds. The van der Waals surface area contributed by atoms with E-state index in [0.717, 1.165) is 22.5 Å². The number of aromatic nitrogens is 2. The van der Waals surface area contributed by atoms with Gasteiger partial charge in [0.15, 0.2) is 0 Å². The molecule has 37 heavy (non-hydrogen) atoms. The molecule has 0 saturated carbocycles. The van der Waals surface area contributed by atoms with Crippen LogP contribution in [0.3, 0.4) is 0 Å². The van der Waals surface area contributed by atoms with Crippen molar-refractivity contribution < 1.29 is 14.3 Å². The van der Waals surface area contributed by atoms with Gasteiger partial charge in [-0.1, -0.05) is 67.9 Å². The monoisotopic (exact) mass is 496 g/mol. The molecule has 0 saturated heterocycles. The maximum Gasteiger partial charge on any atom is 0.254 e. The number of ether oxygens (including phenoxy) is 1. The summed E-state index contributed by atoms with van der Waals surface area (Å²) in [6, 6.07) is 24.8. The van der Waals surface area contributed by atoms with Gasteiger partial charge in [0, 0.05) is 29.6 Å². The van der Waals surface area contributed by atoms with E-state index in [-0.39, 0.29) is 24.3 Å². The Kier molecular flexibility index (Phi) is 8.03. The number of nitrogens with zero attached hydrogens (tertiary/aromatic N) is 3. The van der Waals surface area contributed by atoms with Crippen LogP contribution in [0.2, 0.25) is 0 Å². The minimum absolute atomic E-state index is 0.102. The minimum Gasteiger partial charge on any atom is -0.497 e. The number of methoxy groups -OCH3 is 1. The van der Waals surface area contributed by atoms with Crippen LogP contribution < -0.4 is 10.1 Å². The van der Waals surface area contributed by atoms with Crippen molar-refractivity contribution in [2.45, 2.75) is 20.8 Å². The van der Waals surface area contributed by atoms with Gasteiger partial charge >= 0.3 is 0 Å². The molecule has 0 fully saturated rings. The molecule has 1 N–H and O–H groups in total. The molecule has 3 aromatic carbocycles. The van der Waals surface area contributed by atoms with E-state index in [4.69, 9.17) is 9.72 Å². The molecule has 190 valence electrons. The van der Waals surface area contributed by atoms with Crippen LogP contribution in [0.25, 0.3) is 16.9 Å². The molecule has 0 aliphatic heterocycles. The van der Waals surface area contributed by atoms with Crippen LogP contribution in [0, 0.1) is 12.8 Å². The number of amides is 2. The summed E-state index contributed by atoms with van der Waals surface area (Å²) in [4.78, 5) is 32.9. The first-order valence-electron chi connectivity index (χ1n) is 12.3. The number of imidazole rings is 1. The first kappa shape index (κ1) is 25.7. The van der Waals surface area contributed by atoms with E-state index in [1.54, 1.807) is 36.3 Å². The van der Waals surface area contributed by atoms with Crippen molar-refractivity contribution in [2.24, 2.45) is 5.92 Å². The van der Waals surface area contributed by atoms with E-state index in [0.29, 0.717) is 23.8 Å². The van der Waals surface area contributed by atoms with Crippen LogP contribution in [0.15, 0.2) is 85.1 Å². The summed E-state index contributed by atoms with van der Waals surface area (Å²) in [5, 5.41) is 2.94. The molecular formula is C30H32N4O3. The summed E-state index contributed by atoms with van der Waals surface area (Å²) >= 11 is 0. The third-order valence-corrected chi connectivity index (χ3v) is 5.86. The van der Waals surface area contributed by atoms with Crippen LogP contribution in [-0.2, 0) is 4.79 Å². The fourth-order valence-electron chi connectivity index (χ4n) is 4.05. The number of hydrogen-bond donors (Lipinski definition) is 1. The zero-order valence-corrected chi connectivity index (χ0v) is 21.6. The maximum atomic E-state index is 13.3. The largest absolute Gasteiger partial charge is 0.497 e. The summed E-state index contributed by atoms with van der Waals surface area (Å²) in [6.07, 6.45) is 1.91. The van der Waals surface area contributed by atoms with Crippen LogP contribution in [0.4, 0.5) is 5.95 Å². The van der Waals surface area contributed by atoms with Gasteiger partial charge in [-0.05, 0) is 43.2 Å². The third-order valence-electron chi connectivity index (χ3n) is 5.86. The number of anilines is 1. The highest BCUT2D eigenvalue weighted by Gasteiger charge is 2.22. The van der Waals surface area contributed by atoms with Gasteiger partial charge in [0.05, 0.1) is 12.8 Å². The summed E-state index contributed by atoms with van der Waals surface area (Å²) in [5.74, 6) is 0.617. The Balaban J connectivity index is 1.61. The predicted molar refractivity (Wildman–Crippen MR) is 146 cm³/mol. The van der Waals surface area contributed by atoms with Crippen LogP contribution in [0.1, 0.15) is 29.8 Å². The number of hydrogen-bond acceptors (Lipinski definition) is 4. The highest BCUT2D eigenvalue weighted by Crippen LogP contribution is 2.24. The van der Waals surface area contributed by atoms with Crippen molar-refractivity contribution in [2.75, 3.05) is 25.5 Å². The van der Waals surface area contributed by atoms with Gasteiger partial charge in [0.25, 0.3) is 5.91 Å². The van der Waals surface area contributed by atoms with E-state index in [2.05, 4.69) is 5.32 Å². The fraction of sp³-hybridized carbons (Fsp3) is 0.233. The molecule has 0 aliphatic rings. The SMILES string of the molecule is COc1cccc(C(=O)N(CC(=O)Nc2nc(-c3ccccc3)cn2-c2ccc(C)cc2)CC(C)C)c1. The Morgan fingerprint density at radius 1 is 1.00 bits per heavy atom. The lowest BCUT2D eigenvalue weighted by Gasteiger charge is -2.24. The molecule has 0 aliphatic carbocycles. The first-order valence-corrected chi connectivity index (χ1v) is 12.3. The maximum absolute atomic E-state index is 13.3. The Labute approximate surface area is 217 Å². The van der Waals surface area contributed by atoms with Crippen molar-refractivity contribution in [3.05, 3.63) is 96.2 Å². The van der Waals surface area contributed by atoms with Crippen LogP contribution in [-0.4, -0.2) is 46.5 Å². The summed E-state index contributed by atoms with van der Waals surface area (Å²) < 4.78 is 7.12. The predicted octanol–water partition coefficient (Wildman–Crippen LogP) is 5.59. The molecule has 7 nitrogen and oxygen atoms in total. The van der Waals surface area contributed by atoms with E-state index in [9.17, 15) is 9.59 Å². The third kappa shape index (κ3) is 6.44. The second kappa shape index (κ2) is 11.6. The zero-order valence-electron chi connectivity index (χ0n) is 21.6. The molecule has 0 radical (unpaired) electrons. The number of carbonyl (C=O) groups is 2. The second-order valence-electron chi connectivity index (χ2n) is 9.38. The molecule has 7 heteroatoms. The Bertz CT molecular complexity index is 1360. The smallest absolute Gasteiger partial charge is 0.254 e. The number of benzene rings is 3. The second-order valence-corrected chi connectivity index (χ2v) is 9.38. The van der Waals surface area contributed by atoms with E-state index < -0.39 is 0 Å². The Hall–Kier alpha value is -4.39. The fourth-order valence-corrected chi connectivity index (χ4v) is 4.05. The number of aryl methyl sites for hydroxylation is 1. The highest BCUT2D eigenvalue weighted by atomic mass is 16.5. The average molecular weight is 497 g/mol. The van der Waals surface area contributed by atoms with Crippen molar-refractivity contribution in [1.29, 1.82) is 0 Å². The molecule has 0 bridgehead atoms. The van der Waals surface area contributed by atoms with Crippen molar-refractivity contribution >= 4 is 17.8 Å². The molecule has 4 aromatic rings. The quantitative estimate of drug-likeness (QED) is 0.328. The molecule has 0 unspecified atom stereocenters. The minimum atomic E-state index is -0.324. The lowest BCUT2D eigenvalue weighted by molar-refractivity contribution is -0.117. The molecular weight excluding hydrogens is 464 g/mol. The summed E-state index contributed by atoms with van der Waals surface area (Å²) in [5.41, 5.74) is 4.17. The van der Waals surface area contributed by atoms with Gasteiger partial charge in [-0.25, -0.2) is 4.98 Å². The highest BCUT2D eigenvalue weighted by molar-refractivity contribution is 5.99. The van der Waals surface area contributed by atoms with Gasteiger partial charge in [-0.15, -0.1) is 0 Å². The first-order chi connectivity index (χ1) is 17.8. The van der Waals surface area contributed by atoms with Gasteiger partial charge in [0.2, 0.25) is 11.9 Å². The molecule has 4 rings (SSSR count). The topological polar surface area (TPSA) is 76.5 Å². The van der Waals surface area contributed by atoms with Gasteiger partial charge in [-0.3, -0.25) is 19.5 Å². The average Bonchev–Trinajstić information content (AvgIpc) is 3.32. The van der Waals surface area contributed by atoms with Gasteiger partial charge in [0.1, 0.15) is 12.3 Å². The van der Waals surface area contributed by atoms with Crippen molar-refractivity contribution in [3.8, 4) is 22.7 Å². The Morgan fingerprint density at radius 2 is 1.73 bits per heavy atom. The molecule has 0 spiro atoms. The van der Waals surface area contributed by atoms with E-state index in [1.165, 1.54) is 0 Å². The van der Waals surface area contributed by atoms with Gasteiger partial charge in [-0.2, -0.15) is 0 Å². The van der Waals surface area contributed by atoms with E-state index in [1.807, 2.05) is 86.1 Å². The zero-order chi connectivity index (χ0) is 26.4. The number of rotatable bonds is 9. The lowest BCUT2D eigenvalue weighted by atomic mass is 10.1. The van der Waals surface area contributed by atoms with Crippen molar-refractivity contribution in [1.82, 2.24) is 14.5 Å². The van der Waals surface area contributed by atoms with Crippen LogP contribution >= 0.6 is 0 Å².